The van der Waals surface area contributed by atoms with Crippen molar-refractivity contribution in [1.29, 1.82) is 0 Å². The Hall–Kier alpha value is -2.77. The van der Waals surface area contributed by atoms with Crippen LogP contribution in [0.2, 0.25) is 0 Å². The predicted molar refractivity (Wildman–Crippen MR) is 101 cm³/mol. The lowest BCUT2D eigenvalue weighted by Crippen LogP contribution is -2.25. The van der Waals surface area contributed by atoms with Crippen LogP contribution in [0.25, 0.3) is 21.9 Å². The van der Waals surface area contributed by atoms with Gasteiger partial charge in [0.05, 0.1) is 28.0 Å². The molecule has 2 aromatic carbocycles. The number of benzene rings is 2. The van der Waals surface area contributed by atoms with E-state index >= 15 is 0 Å². The molecule has 0 saturated carbocycles. The van der Waals surface area contributed by atoms with Gasteiger partial charge in [-0.15, -0.1) is 0 Å². The highest BCUT2D eigenvalue weighted by Crippen LogP contribution is 2.24. The van der Waals surface area contributed by atoms with Crippen molar-refractivity contribution in [3.05, 3.63) is 66.1 Å². The summed E-state index contributed by atoms with van der Waals surface area (Å²) in [4.78, 5) is 9.04. The highest BCUT2D eigenvalue weighted by atomic mass is 32.2. The van der Waals surface area contributed by atoms with Crippen LogP contribution in [0, 0.1) is 6.92 Å². The summed E-state index contributed by atoms with van der Waals surface area (Å²) in [5, 5.41) is 0.616. The molecule has 2 aromatic heterocycles. The Labute approximate surface area is 151 Å². The van der Waals surface area contributed by atoms with Crippen LogP contribution in [-0.4, -0.2) is 23.0 Å². The van der Waals surface area contributed by atoms with Gasteiger partial charge in [0.1, 0.15) is 5.82 Å². The Kier molecular flexibility index (Phi) is 3.97. The molecule has 0 unspecified atom stereocenters. The van der Waals surface area contributed by atoms with Crippen LogP contribution >= 0.6 is 0 Å². The second kappa shape index (κ2) is 6.19. The molecule has 26 heavy (non-hydrogen) atoms. The number of imidazole rings is 1. The molecule has 0 aliphatic heterocycles. The van der Waals surface area contributed by atoms with E-state index in [0.717, 1.165) is 16.6 Å². The second-order valence-electron chi connectivity index (χ2n) is 6.18. The first kappa shape index (κ1) is 16.7. The number of para-hydroxylation sites is 2. The van der Waals surface area contributed by atoms with Gasteiger partial charge in [-0.25, -0.2) is 18.1 Å². The zero-order valence-corrected chi connectivity index (χ0v) is 15.3. The molecule has 0 fully saturated rings. The van der Waals surface area contributed by atoms with Crippen molar-refractivity contribution >= 4 is 32.0 Å². The van der Waals surface area contributed by atoms with Crippen molar-refractivity contribution < 1.29 is 8.42 Å². The predicted octanol–water partition coefficient (Wildman–Crippen LogP) is 2.91. The number of aryl methyl sites for hydroxylation is 2. The molecule has 4 aromatic rings. The molecule has 0 atom stereocenters. The third kappa shape index (κ3) is 2.75. The van der Waals surface area contributed by atoms with Crippen molar-refractivity contribution in [3.8, 4) is 0 Å². The number of aromatic nitrogens is 3. The van der Waals surface area contributed by atoms with E-state index in [1.165, 1.54) is 0 Å². The molecule has 0 aliphatic rings. The number of rotatable bonds is 4. The number of fused-ring (bicyclic) bond motifs is 2. The molecule has 1 N–H and O–H groups in total. The van der Waals surface area contributed by atoms with Crippen LogP contribution in [0.1, 0.15) is 11.4 Å². The molecule has 7 heteroatoms. The average molecular weight is 366 g/mol. The molecule has 2 heterocycles. The number of hydrogen-bond donors (Lipinski definition) is 1. The second-order valence-corrected chi connectivity index (χ2v) is 7.92. The summed E-state index contributed by atoms with van der Waals surface area (Å²) in [6.45, 7) is 2.03. The van der Waals surface area contributed by atoms with Crippen LogP contribution in [0.3, 0.4) is 0 Å². The van der Waals surface area contributed by atoms with Gasteiger partial charge in [-0.3, -0.25) is 4.98 Å². The van der Waals surface area contributed by atoms with E-state index in [-0.39, 0.29) is 11.4 Å². The summed E-state index contributed by atoms with van der Waals surface area (Å²) in [5.41, 5.74) is 3.44. The van der Waals surface area contributed by atoms with Crippen LogP contribution in [0.15, 0.2) is 59.6 Å². The molecule has 0 aliphatic carbocycles. The minimum absolute atomic E-state index is 0.114. The van der Waals surface area contributed by atoms with Gasteiger partial charge in [0.15, 0.2) is 0 Å². The average Bonchev–Trinajstić information content (AvgIpc) is 2.97. The number of nitrogens with zero attached hydrogens (tertiary/aromatic N) is 3. The highest BCUT2D eigenvalue weighted by Gasteiger charge is 2.19. The normalized spacial score (nSPS) is 12.1. The smallest absolute Gasteiger partial charge is 0.241 e. The molecule has 0 amide bonds. The molecule has 0 saturated heterocycles. The van der Waals surface area contributed by atoms with Crippen LogP contribution in [0.5, 0.6) is 0 Å². The zero-order valence-electron chi connectivity index (χ0n) is 14.5. The zero-order chi connectivity index (χ0) is 18.3. The molecule has 4 rings (SSSR count). The topological polar surface area (TPSA) is 76.9 Å². The Morgan fingerprint density at radius 3 is 2.69 bits per heavy atom. The molecule has 0 radical (unpaired) electrons. The molecular weight excluding hydrogens is 348 g/mol. The molecular formula is C19H18N4O2S. The van der Waals surface area contributed by atoms with Gasteiger partial charge >= 0.3 is 0 Å². The maximum absolute atomic E-state index is 12.9. The van der Waals surface area contributed by atoms with E-state index in [9.17, 15) is 8.42 Å². The fourth-order valence-electron chi connectivity index (χ4n) is 3.11. The molecule has 0 spiro atoms. The SMILES string of the molecule is Cc1ccc(S(=O)(=O)NCc2nc3ccccc3n2C)c2cccnc12. The van der Waals surface area contributed by atoms with E-state index in [2.05, 4.69) is 14.7 Å². The van der Waals surface area contributed by atoms with Gasteiger partial charge in [0, 0.05) is 18.6 Å². The first-order valence-corrected chi connectivity index (χ1v) is 9.70. The van der Waals surface area contributed by atoms with Crippen molar-refractivity contribution in [2.45, 2.75) is 18.4 Å². The van der Waals surface area contributed by atoms with E-state index in [0.29, 0.717) is 16.7 Å². The van der Waals surface area contributed by atoms with Gasteiger partial charge in [-0.1, -0.05) is 18.2 Å². The highest BCUT2D eigenvalue weighted by molar-refractivity contribution is 7.89. The summed E-state index contributed by atoms with van der Waals surface area (Å²) in [6.07, 6.45) is 1.67. The van der Waals surface area contributed by atoms with Crippen LogP contribution < -0.4 is 4.72 Å². The third-order valence-corrected chi connectivity index (χ3v) is 5.98. The van der Waals surface area contributed by atoms with Crippen LogP contribution in [-0.2, 0) is 23.6 Å². The quantitative estimate of drug-likeness (QED) is 0.602. The summed E-state index contributed by atoms with van der Waals surface area (Å²) in [5.74, 6) is 0.657. The number of pyridine rings is 1. The Morgan fingerprint density at radius 2 is 1.88 bits per heavy atom. The van der Waals surface area contributed by atoms with Crippen molar-refractivity contribution in [2.75, 3.05) is 0 Å². The van der Waals surface area contributed by atoms with Gasteiger partial charge in [0.2, 0.25) is 10.0 Å². The fraction of sp³-hybridized carbons (Fsp3) is 0.158. The van der Waals surface area contributed by atoms with E-state index in [4.69, 9.17) is 0 Å². The summed E-state index contributed by atoms with van der Waals surface area (Å²) in [6, 6.07) is 14.6. The van der Waals surface area contributed by atoms with E-state index in [1.807, 2.05) is 42.8 Å². The van der Waals surface area contributed by atoms with Gasteiger partial charge in [-0.2, -0.15) is 0 Å². The van der Waals surface area contributed by atoms with Crippen molar-refractivity contribution in [2.24, 2.45) is 7.05 Å². The minimum Gasteiger partial charge on any atom is -0.330 e. The number of hydrogen-bond acceptors (Lipinski definition) is 4. The Morgan fingerprint density at radius 1 is 1.08 bits per heavy atom. The molecule has 0 bridgehead atoms. The minimum atomic E-state index is -3.70. The maximum atomic E-state index is 12.9. The summed E-state index contributed by atoms with van der Waals surface area (Å²) >= 11 is 0. The lowest BCUT2D eigenvalue weighted by molar-refractivity contribution is 0.579. The monoisotopic (exact) mass is 366 g/mol. The Balaban J connectivity index is 1.70. The van der Waals surface area contributed by atoms with Crippen molar-refractivity contribution in [3.63, 3.8) is 0 Å². The third-order valence-electron chi connectivity index (χ3n) is 4.52. The van der Waals surface area contributed by atoms with Crippen molar-refractivity contribution in [1.82, 2.24) is 19.3 Å². The Bertz CT molecular complexity index is 1230. The fourth-order valence-corrected chi connectivity index (χ4v) is 4.29. The van der Waals surface area contributed by atoms with Gasteiger partial charge in [-0.05, 0) is 42.8 Å². The van der Waals surface area contributed by atoms with Gasteiger partial charge < -0.3 is 4.57 Å². The lowest BCUT2D eigenvalue weighted by atomic mass is 10.1. The summed E-state index contributed by atoms with van der Waals surface area (Å²) in [7, 11) is -1.82. The number of sulfonamides is 1. The first-order valence-electron chi connectivity index (χ1n) is 8.22. The number of nitrogens with one attached hydrogen (secondary N) is 1. The van der Waals surface area contributed by atoms with Crippen LogP contribution in [0.4, 0.5) is 0 Å². The summed E-state index contributed by atoms with van der Waals surface area (Å²) < 4.78 is 30.3. The van der Waals surface area contributed by atoms with E-state index < -0.39 is 10.0 Å². The first-order chi connectivity index (χ1) is 12.5. The lowest BCUT2D eigenvalue weighted by Gasteiger charge is -2.10. The molecule has 132 valence electrons. The largest absolute Gasteiger partial charge is 0.330 e. The van der Waals surface area contributed by atoms with E-state index in [1.54, 1.807) is 30.5 Å². The molecule has 6 nitrogen and oxygen atoms in total. The standard InChI is InChI=1S/C19H18N4O2S/c1-13-9-10-17(14-6-5-11-20-19(13)14)26(24,25)21-12-18-22-15-7-3-4-8-16(15)23(18)2/h3-11,21H,12H2,1-2H3. The maximum Gasteiger partial charge on any atom is 0.241 e. The van der Waals surface area contributed by atoms with Gasteiger partial charge in [0.25, 0.3) is 0 Å².